The molecule has 0 unspecified atom stereocenters. The molecule has 0 aliphatic carbocycles. The Labute approximate surface area is 187 Å². The molecule has 1 aliphatic heterocycles. The molecule has 2 amide bonds. The highest BCUT2D eigenvalue weighted by Crippen LogP contribution is 2.35. The van der Waals surface area contributed by atoms with Gasteiger partial charge >= 0.3 is 0 Å². The number of carbonyl (C=O) groups excluding carboxylic acids is 2. The molecule has 1 aromatic heterocycles. The Bertz CT molecular complexity index is 1180. The Kier molecular flexibility index (Phi) is 6.13. The number of aryl methyl sites for hydroxylation is 1. The van der Waals surface area contributed by atoms with Gasteiger partial charge in [0.1, 0.15) is 12.3 Å². The van der Waals surface area contributed by atoms with Crippen molar-refractivity contribution in [2.24, 2.45) is 0 Å². The van der Waals surface area contributed by atoms with Crippen LogP contribution in [0.3, 0.4) is 0 Å². The summed E-state index contributed by atoms with van der Waals surface area (Å²) in [6, 6.07) is 12.0. The van der Waals surface area contributed by atoms with E-state index in [-0.39, 0.29) is 30.4 Å². The van der Waals surface area contributed by atoms with Gasteiger partial charge in [0.25, 0.3) is 11.6 Å². The monoisotopic (exact) mass is 452 g/mol. The summed E-state index contributed by atoms with van der Waals surface area (Å²) in [6.45, 7) is 1.91. The highest BCUT2D eigenvalue weighted by molar-refractivity contribution is 7.09. The van der Waals surface area contributed by atoms with Gasteiger partial charge in [0, 0.05) is 29.6 Å². The second-order valence-electron chi connectivity index (χ2n) is 7.23. The van der Waals surface area contributed by atoms with Gasteiger partial charge in [-0.3, -0.25) is 24.6 Å². The highest BCUT2D eigenvalue weighted by atomic mass is 32.1. The van der Waals surface area contributed by atoms with E-state index in [2.05, 4.69) is 10.3 Å². The molecule has 32 heavy (non-hydrogen) atoms. The molecule has 0 spiro atoms. The molecule has 9 nitrogen and oxygen atoms in total. The number of fused-ring (bicyclic) bond motifs is 1. The van der Waals surface area contributed by atoms with Gasteiger partial charge in [-0.15, -0.1) is 11.3 Å². The lowest BCUT2D eigenvalue weighted by atomic mass is 10.1. The van der Waals surface area contributed by atoms with Gasteiger partial charge in [-0.05, 0) is 25.0 Å². The fourth-order valence-corrected chi connectivity index (χ4v) is 3.98. The Hall–Kier alpha value is -3.79. The quantitative estimate of drug-likeness (QED) is 0.435. The van der Waals surface area contributed by atoms with Crippen LogP contribution in [0.15, 0.2) is 47.8 Å². The minimum atomic E-state index is -0.557. The third-order valence-corrected chi connectivity index (χ3v) is 5.78. The molecule has 3 aromatic rings. The summed E-state index contributed by atoms with van der Waals surface area (Å²) in [7, 11) is 0. The zero-order chi connectivity index (χ0) is 22.7. The summed E-state index contributed by atoms with van der Waals surface area (Å²) >= 11 is 1.61. The molecular formula is C22H20N4O5S. The molecule has 0 fully saturated rings. The van der Waals surface area contributed by atoms with Gasteiger partial charge in [-0.2, -0.15) is 0 Å². The van der Waals surface area contributed by atoms with Crippen LogP contribution in [0.5, 0.6) is 5.75 Å². The van der Waals surface area contributed by atoms with Crippen molar-refractivity contribution in [3.63, 3.8) is 0 Å². The smallest absolute Gasteiger partial charge is 0.271 e. The number of nitrogens with zero attached hydrogens (tertiary/aromatic N) is 3. The summed E-state index contributed by atoms with van der Waals surface area (Å²) in [6.07, 6.45) is 0.626. The zero-order valence-electron chi connectivity index (χ0n) is 17.2. The van der Waals surface area contributed by atoms with Crippen molar-refractivity contribution in [2.75, 3.05) is 24.6 Å². The van der Waals surface area contributed by atoms with Crippen LogP contribution in [0.25, 0.3) is 11.3 Å². The summed E-state index contributed by atoms with van der Waals surface area (Å²) in [5.74, 6) is -0.452. The number of rotatable bonds is 7. The fraction of sp³-hybridized carbons (Fsp3) is 0.227. The third kappa shape index (κ3) is 4.75. The van der Waals surface area contributed by atoms with Crippen LogP contribution in [0.4, 0.5) is 11.4 Å². The number of non-ortho nitro benzene ring substituents is 1. The Morgan fingerprint density at radius 1 is 1.28 bits per heavy atom. The molecule has 0 saturated heterocycles. The summed E-state index contributed by atoms with van der Waals surface area (Å²) in [5.41, 5.74) is 3.09. The molecule has 2 aromatic carbocycles. The van der Waals surface area contributed by atoms with Gasteiger partial charge in [0.2, 0.25) is 5.91 Å². The van der Waals surface area contributed by atoms with E-state index in [9.17, 15) is 19.7 Å². The number of thiazole rings is 1. The number of anilines is 1. The number of carbonyl (C=O) groups is 2. The number of amides is 2. The van der Waals surface area contributed by atoms with E-state index in [1.165, 1.54) is 23.1 Å². The van der Waals surface area contributed by atoms with E-state index in [0.717, 1.165) is 21.8 Å². The Balaban J connectivity index is 1.34. The molecule has 1 aliphatic rings. The Morgan fingerprint density at radius 3 is 2.75 bits per heavy atom. The standard InChI is InChI=1S/C22H20N4O5S/c1-14-24-18(13-32-14)16-4-2-15(3-5-16)8-9-23-21(27)11-25-19-10-17(26(29)30)6-7-20(19)31-12-22(25)28/h2-7,10,13H,8-9,11-12H2,1H3,(H,23,27). The van der Waals surface area contributed by atoms with Gasteiger partial charge in [-0.25, -0.2) is 4.98 Å². The first-order valence-corrected chi connectivity index (χ1v) is 10.8. The first kappa shape index (κ1) is 21.4. The maximum absolute atomic E-state index is 12.4. The lowest BCUT2D eigenvalue weighted by Crippen LogP contribution is -2.45. The first-order valence-electron chi connectivity index (χ1n) is 9.90. The predicted molar refractivity (Wildman–Crippen MR) is 120 cm³/mol. The number of hydrogen-bond donors (Lipinski definition) is 1. The van der Waals surface area contributed by atoms with Gasteiger partial charge in [-0.1, -0.05) is 24.3 Å². The van der Waals surface area contributed by atoms with E-state index < -0.39 is 10.8 Å². The molecule has 164 valence electrons. The lowest BCUT2D eigenvalue weighted by molar-refractivity contribution is -0.384. The molecule has 4 rings (SSSR count). The fourth-order valence-electron chi connectivity index (χ4n) is 3.36. The average molecular weight is 452 g/mol. The maximum Gasteiger partial charge on any atom is 0.271 e. The van der Waals surface area contributed by atoms with E-state index in [0.29, 0.717) is 18.7 Å². The first-order chi connectivity index (χ1) is 15.4. The molecule has 1 N–H and O–H groups in total. The maximum atomic E-state index is 12.4. The van der Waals surface area contributed by atoms with Crippen LogP contribution < -0.4 is 15.0 Å². The predicted octanol–water partition coefficient (Wildman–Crippen LogP) is 3.11. The van der Waals surface area contributed by atoms with Crippen molar-refractivity contribution in [3.05, 3.63) is 68.5 Å². The van der Waals surface area contributed by atoms with E-state index in [1.807, 2.05) is 36.6 Å². The number of nitro benzene ring substituents is 1. The van der Waals surface area contributed by atoms with Crippen molar-refractivity contribution in [2.45, 2.75) is 13.3 Å². The van der Waals surface area contributed by atoms with Crippen molar-refractivity contribution in [1.29, 1.82) is 0 Å². The van der Waals surface area contributed by atoms with Crippen LogP contribution in [0.2, 0.25) is 0 Å². The van der Waals surface area contributed by atoms with Gasteiger partial charge in [0.05, 0.1) is 21.3 Å². The largest absolute Gasteiger partial charge is 0.482 e. The minimum absolute atomic E-state index is 0.177. The van der Waals surface area contributed by atoms with Gasteiger partial charge < -0.3 is 10.1 Å². The van der Waals surface area contributed by atoms with Crippen LogP contribution in [-0.2, 0) is 16.0 Å². The topological polar surface area (TPSA) is 115 Å². The molecule has 10 heteroatoms. The second-order valence-corrected chi connectivity index (χ2v) is 8.29. The van der Waals surface area contributed by atoms with E-state index in [1.54, 1.807) is 11.3 Å². The van der Waals surface area contributed by atoms with Crippen molar-refractivity contribution >= 4 is 34.5 Å². The molecule has 0 bridgehead atoms. The summed E-state index contributed by atoms with van der Waals surface area (Å²) < 4.78 is 5.31. The summed E-state index contributed by atoms with van der Waals surface area (Å²) in [5, 5.41) is 16.9. The molecular weight excluding hydrogens is 432 g/mol. The molecule has 0 atom stereocenters. The molecule has 0 saturated carbocycles. The number of aromatic nitrogens is 1. The molecule has 2 heterocycles. The lowest BCUT2D eigenvalue weighted by Gasteiger charge is -2.28. The SMILES string of the molecule is Cc1nc(-c2ccc(CCNC(=O)CN3C(=O)COc4ccc([N+](=O)[O-])cc43)cc2)cs1. The number of nitro groups is 1. The minimum Gasteiger partial charge on any atom is -0.482 e. The zero-order valence-corrected chi connectivity index (χ0v) is 18.1. The number of hydrogen-bond acceptors (Lipinski definition) is 7. The van der Waals surface area contributed by atoms with Crippen LogP contribution in [-0.4, -0.2) is 41.4 Å². The molecule has 0 radical (unpaired) electrons. The van der Waals surface area contributed by atoms with Crippen molar-refractivity contribution in [1.82, 2.24) is 10.3 Å². The van der Waals surface area contributed by atoms with Crippen molar-refractivity contribution < 1.29 is 19.2 Å². The van der Waals surface area contributed by atoms with Crippen LogP contribution in [0.1, 0.15) is 10.6 Å². The third-order valence-electron chi connectivity index (χ3n) is 5.00. The van der Waals surface area contributed by atoms with E-state index in [4.69, 9.17) is 4.74 Å². The normalized spacial score (nSPS) is 12.8. The summed E-state index contributed by atoms with van der Waals surface area (Å²) in [4.78, 5) is 40.9. The van der Waals surface area contributed by atoms with Gasteiger partial charge in [0.15, 0.2) is 6.61 Å². The highest BCUT2D eigenvalue weighted by Gasteiger charge is 2.29. The number of ether oxygens (including phenoxy) is 1. The van der Waals surface area contributed by atoms with Crippen LogP contribution in [0, 0.1) is 17.0 Å². The Morgan fingerprint density at radius 2 is 2.06 bits per heavy atom. The number of benzene rings is 2. The van der Waals surface area contributed by atoms with Crippen LogP contribution >= 0.6 is 11.3 Å². The van der Waals surface area contributed by atoms with Crippen molar-refractivity contribution in [3.8, 4) is 17.0 Å². The van der Waals surface area contributed by atoms with E-state index >= 15 is 0 Å². The second kappa shape index (κ2) is 9.15. The number of nitrogens with one attached hydrogen (secondary N) is 1. The average Bonchev–Trinajstić information content (AvgIpc) is 3.22.